The van der Waals surface area contributed by atoms with Gasteiger partial charge in [0, 0.05) is 12.2 Å². The second-order valence-corrected chi connectivity index (χ2v) is 14.9. The summed E-state index contributed by atoms with van der Waals surface area (Å²) in [6, 6.07) is 33.5. The van der Waals surface area contributed by atoms with E-state index >= 15 is 0 Å². The third-order valence-corrected chi connectivity index (χ3v) is 10.8. The van der Waals surface area contributed by atoms with Gasteiger partial charge in [-0.15, -0.1) is 0 Å². The molecule has 1 aliphatic rings. The lowest BCUT2D eigenvalue weighted by molar-refractivity contribution is -0.170. The molecule has 4 unspecified atom stereocenters. The van der Waals surface area contributed by atoms with E-state index < -0.39 is 86.3 Å². The second kappa shape index (κ2) is 19.8. The molecule has 62 heavy (non-hydrogen) atoms. The molecule has 1 aliphatic carbocycles. The van der Waals surface area contributed by atoms with Crippen molar-refractivity contribution < 1.29 is 57.2 Å². The third-order valence-electron chi connectivity index (χ3n) is 10.8. The fraction of sp³-hybridized carbons (Fsp3) is 0.240. The van der Waals surface area contributed by atoms with Crippen LogP contribution in [0, 0.1) is 11.8 Å². The highest BCUT2D eigenvalue weighted by atomic mass is 16.6. The van der Waals surface area contributed by atoms with Crippen molar-refractivity contribution in [1.29, 1.82) is 0 Å². The normalized spacial score (nSPS) is 15.8. The largest absolute Gasteiger partial charge is 0.461 e. The van der Waals surface area contributed by atoms with Gasteiger partial charge < -0.3 is 28.4 Å². The molecule has 0 amide bonds. The quantitative estimate of drug-likeness (QED) is 0.0397. The highest BCUT2D eigenvalue weighted by Gasteiger charge is 2.39. The molecule has 7 rings (SSSR count). The first-order chi connectivity index (χ1) is 30.1. The third kappa shape index (κ3) is 9.82. The van der Waals surface area contributed by atoms with Gasteiger partial charge in [0.1, 0.15) is 26.4 Å². The number of hydrogen-bond donors (Lipinski definition) is 0. The average Bonchev–Trinajstić information content (AvgIpc) is 3.30. The Morgan fingerprint density at radius 2 is 0.790 bits per heavy atom. The summed E-state index contributed by atoms with van der Waals surface area (Å²) in [6.07, 6.45) is 1.37. The summed E-state index contributed by atoms with van der Waals surface area (Å²) in [4.78, 5) is 79.1. The molecule has 1 saturated carbocycles. The van der Waals surface area contributed by atoms with E-state index in [1.807, 2.05) is 109 Å². The van der Waals surface area contributed by atoms with Crippen molar-refractivity contribution >= 4 is 78.9 Å². The minimum Gasteiger partial charge on any atom is -0.461 e. The van der Waals surface area contributed by atoms with E-state index in [0.29, 0.717) is 58.4 Å². The first-order valence-electron chi connectivity index (χ1n) is 20.3. The zero-order valence-electron chi connectivity index (χ0n) is 33.8. The maximum Gasteiger partial charge on any atom is 0.339 e. The van der Waals surface area contributed by atoms with Crippen molar-refractivity contribution in [3.05, 3.63) is 146 Å². The fourth-order valence-electron chi connectivity index (χ4n) is 7.87. The highest BCUT2D eigenvalue weighted by Crippen LogP contribution is 2.33. The van der Waals surface area contributed by atoms with Gasteiger partial charge in [0.05, 0.1) is 23.0 Å². The molecule has 0 N–H and O–H groups in total. The van der Waals surface area contributed by atoms with E-state index in [2.05, 4.69) is 13.2 Å². The topological polar surface area (TPSA) is 158 Å². The Morgan fingerprint density at radius 1 is 0.484 bits per heavy atom. The van der Waals surface area contributed by atoms with Crippen LogP contribution in [0.3, 0.4) is 0 Å². The van der Waals surface area contributed by atoms with Gasteiger partial charge in [0.25, 0.3) is 0 Å². The Labute approximate surface area is 357 Å². The van der Waals surface area contributed by atoms with Crippen LogP contribution in [0.4, 0.5) is 0 Å². The van der Waals surface area contributed by atoms with E-state index in [9.17, 15) is 28.8 Å². The molecule has 6 aromatic carbocycles. The predicted octanol–water partition coefficient (Wildman–Crippen LogP) is 8.40. The van der Waals surface area contributed by atoms with Crippen molar-refractivity contribution in [2.45, 2.75) is 37.9 Å². The SMILES string of the molecule is C=CC(=O)OC(COC(=O)c1c2ccccc2cc2ccccc12)COC(=O)C1CCCCC1C(=O)OCC(COC(=O)c1c2ccccc2cc2ccccc12)OC(=O)C=C. The minimum atomic E-state index is -1.20. The van der Waals surface area contributed by atoms with E-state index in [1.165, 1.54) is 0 Å². The molecule has 1 fully saturated rings. The van der Waals surface area contributed by atoms with Crippen LogP contribution in [0.5, 0.6) is 0 Å². The fourth-order valence-corrected chi connectivity index (χ4v) is 7.87. The molecule has 0 aromatic heterocycles. The summed E-state index contributed by atoms with van der Waals surface area (Å²) in [7, 11) is 0. The molecular formula is C50H44O12. The lowest BCUT2D eigenvalue weighted by atomic mass is 9.79. The molecule has 316 valence electrons. The van der Waals surface area contributed by atoms with Gasteiger partial charge in [-0.1, -0.05) is 123 Å². The van der Waals surface area contributed by atoms with Gasteiger partial charge in [-0.05, 0) is 68.1 Å². The summed E-state index contributed by atoms with van der Waals surface area (Å²) in [5.41, 5.74) is 0.678. The van der Waals surface area contributed by atoms with Crippen molar-refractivity contribution in [1.82, 2.24) is 0 Å². The van der Waals surface area contributed by atoms with Crippen LogP contribution in [0.15, 0.2) is 135 Å². The second-order valence-electron chi connectivity index (χ2n) is 14.9. The Hall–Kier alpha value is -7.34. The molecule has 12 nitrogen and oxygen atoms in total. The molecule has 0 aliphatic heterocycles. The van der Waals surface area contributed by atoms with E-state index in [-0.39, 0.29) is 0 Å². The van der Waals surface area contributed by atoms with E-state index in [0.717, 1.165) is 33.7 Å². The van der Waals surface area contributed by atoms with Crippen LogP contribution in [-0.4, -0.2) is 74.5 Å². The summed E-state index contributed by atoms with van der Waals surface area (Å²) >= 11 is 0. The Morgan fingerprint density at radius 3 is 1.11 bits per heavy atom. The van der Waals surface area contributed by atoms with Crippen LogP contribution in [0.25, 0.3) is 43.1 Å². The lowest BCUT2D eigenvalue weighted by Crippen LogP contribution is -2.38. The van der Waals surface area contributed by atoms with Gasteiger partial charge in [0.2, 0.25) is 0 Å². The van der Waals surface area contributed by atoms with Gasteiger partial charge in [-0.25, -0.2) is 19.2 Å². The maximum atomic E-state index is 13.7. The standard InChI is InChI=1S/C50H44O12/c1-3-43(51)61-35(29-59-49(55)45-37-19-9-5-15-31(37)25-32-16-6-10-20-38(32)45)27-57-47(53)41-23-13-14-24-42(41)48(54)58-28-36(62-44(52)4-2)30-60-50(56)46-39-21-11-7-17-33(39)26-34-18-8-12-22-40(34)46/h3-12,15-22,25-26,35-36,41-42H,1-2,13-14,23-24,27-30H2. The van der Waals surface area contributed by atoms with Crippen LogP contribution in [0.1, 0.15) is 46.4 Å². The van der Waals surface area contributed by atoms with Gasteiger partial charge in [-0.3, -0.25) is 9.59 Å². The average molecular weight is 837 g/mol. The van der Waals surface area contributed by atoms with Crippen molar-refractivity contribution in [3.8, 4) is 0 Å². The highest BCUT2D eigenvalue weighted by molar-refractivity contribution is 6.17. The molecule has 0 radical (unpaired) electrons. The van der Waals surface area contributed by atoms with Crippen molar-refractivity contribution in [3.63, 3.8) is 0 Å². The number of ether oxygens (including phenoxy) is 6. The van der Waals surface area contributed by atoms with Crippen LogP contribution in [-0.2, 0) is 47.6 Å². The first kappa shape index (κ1) is 42.8. The van der Waals surface area contributed by atoms with Gasteiger partial charge >= 0.3 is 35.8 Å². The number of carbonyl (C=O) groups is 6. The van der Waals surface area contributed by atoms with Crippen LogP contribution < -0.4 is 0 Å². The molecule has 0 saturated heterocycles. The first-order valence-corrected chi connectivity index (χ1v) is 20.3. The monoisotopic (exact) mass is 836 g/mol. The number of benzene rings is 6. The number of carbonyl (C=O) groups excluding carboxylic acids is 6. The Balaban J connectivity index is 0.989. The predicted molar refractivity (Wildman–Crippen MR) is 231 cm³/mol. The van der Waals surface area contributed by atoms with Crippen LogP contribution >= 0.6 is 0 Å². The lowest BCUT2D eigenvalue weighted by Gasteiger charge is -2.29. The number of rotatable bonds is 16. The van der Waals surface area contributed by atoms with E-state index in [1.54, 1.807) is 0 Å². The minimum absolute atomic E-state index is 0.310. The number of hydrogen-bond acceptors (Lipinski definition) is 12. The van der Waals surface area contributed by atoms with Crippen molar-refractivity contribution in [2.24, 2.45) is 11.8 Å². The molecule has 0 heterocycles. The molecular weight excluding hydrogens is 793 g/mol. The molecule has 6 aromatic rings. The van der Waals surface area contributed by atoms with E-state index in [4.69, 9.17) is 28.4 Å². The zero-order chi connectivity index (χ0) is 43.6. The smallest absolute Gasteiger partial charge is 0.339 e. The Kier molecular flexibility index (Phi) is 13.7. The zero-order valence-corrected chi connectivity index (χ0v) is 33.8. The van der Waals surface area contributed by atoms with Gasteiger partial charge in [-0.2, -0.15) is 0 Å². The molecule has 12 heteroatoms. The molecule has 0 spiro atoms. The summed E-state index contributed by atoms with van der Waals surface area (Å²) in [5.74, 6) is -6.25. The Bertz CT molecular complexity index is 2410. The molecule has 0 bridgehead atoms. The van der Waals surface area contributed by atoms with Crippen molar-refractivity contribution in [2.75, 3.05) is 26.4 Å². The summed E-state index contributed by atoms with van der Waals surface area (Å²) in [6.45, 7) is 5.03. The number of esters is 6. The number of fused-ring (bicyclic) bond motifs is 4. The summed E-state index contributed by atoms with van der Waals surface area (Å²) in [5, 5.41) is 6.07. The maximum absolute atomic E-state index is 13.7. The molecule has 4 atom stereocenters. The summed E-state index contributed by atoms with van der Waals surface area (Å²) < 4.78 is 33.4. The van der Waals surface area contributed by atoms with Crippen LogP contribution in [0.2, 0.25) is 0 Å². The van der Waals surface area contributed by atoms with Gasteiger partial charge in [0.15, 0.2) is 12.2 Å².